The van der Waals surface area contributed by atoms with Crippen molar-refractivity contribution >= 4 is 18.3 Å². The summed E-state index contributed by atoms with van der Waals surface area (Å²) < 4.78 is 10.1. The number of likely N-dealkylation sites (tertiary alicyclic amines) is 1. The molecule has 2 aromatic rings. The topological polar surface area (TPSA) is 81.6 Å². The zero-order chi connectivity index (χ0) is 16.2. The maximum absolute atomic E-state index is 12.6. The van der Waals surface area contributed by atoms with Gasteiger partial charge < -0.3 is 19.9 Å². The molecule has 6 nitrogen and oxygen atoms in total. The summed E-state index contributed by atoms with van der Waals surface area (Å²) in [6.45, 7) is 2.15. The summed E-state index contributed by atoms with van der Waals surface area (Å²) in [6, 6.07) is 11.8. The number of benzene rings is 1. The molecule has 1 amide bonds. The first-order valence-corrected chi connectivity index (χ1v) is 7.71. The second-order valence-electron chi connectivity index (χ2n) is 5.83. The fourth-order valence-electron chi connectivity index (χ4n) is 3.14. The maximum atomic E-state index is 12.6. The SMILES string of the molecule is COCc1cc(C(=O)N2C[C@@H](CN)[C@H](c3ccccc3)C2)no1.Cl. The van der Waals surface area contributed by atoms with Crippen LogP contribution in [-0.2, 0) is 11.3 Å². The standard InChI is InChI=1S/C17H21N3O3.ClH/c1-22-11-14-7-16(19-23-14)17(21)20-9-13(8-18)15(10-20)12-5-3-2-4-6-12;/h2-7,13,15H,8-11,18H2,1H3;1H/t13-,15+;/m1./s1. The molecule has 7 heteroatoms. The molecular weight excluding hydrogens is 330 g/mol. The Hall–Kier alpha value is -1.89. The van der Waals surface area contributed by atoms with E-state index in [2.05, 4.69) is 17.3 Å². The van der Waals surface area contributed by atoms with Gasteiger partial charge in [0.1, 0.15) is 6.61 Å². The Balaban J connectivity index is 0.00000208. The third-order valence-electron chi connectivity index (χ3n) is 4.32. The van der Waals surface area contributed by atoms with Crippen LogP contribution in [0.3, 0.4) is 0 Å². The van der Waals surface area contributed by atoms with Crippen LogP contribution in [0.2, 0.25) is 0 Å². The lowest BCUT2D eigenvalue weighted by Gasteiger charge is -2.16. The van der Waals surface area contributed by atoms with Crippen LogP contribution in [0, 0.1) is 5.92 Å². The minimum atomic E-state index is -0.118. The lowest BCUT2D eigenvalue weighted by atomic mass is 9.89. The van der Waals surface area contributed by atoms with Gasteiger partial charge in [0.05, 0.1) is 0 Å². The fourth-order valence-corrected chi connectivity index (χ4v) is 3.14. The van der Waals surface area contributed by atoms with E-state index >= 15 is 0 Å². The number of ether oxygens (including phenoxy) is 1. The van der Waals surface area contributed by atoms with Crippen LogP contribution in [0.5, 0.6) is 0 Å². The normalized spacial score (nSPS) is 20.0. The molecule has 2 atom stereocenters. The number of hydrogen-bond acceptors (Lipinski definition) is 5. The van der Waals surface area contributed by atoms with Gasteiger partial charge in [-0.25, -0.2) is 0 Å². The Morgan fingerprint density at radius 1 is 1.38 bits per heavy atom. The molecule has 0 bridgehead atoms. The Morgan fingerprint density at radius 3 is 2.79 bits per heavy atom. The first-order chi connectivity index (χ1) is 11.2. The average Bonchev–Trinajstić information content (AvgIpc) is 3.22. The van der Waals surface area contributed by atoms with Gasteiger partial charge in [-0.15, -0.1) is 12.4 Å². The number of rotatable bonds is 5. The quantitative estimate of drug-likeness (QED) is 0.891. The van der Waals surface area contributed by atoms with Crippen LogP contribution in [-0.4, -0.2) is 42.7 Å². The van der Waals surface area contributed by atoms with Gasteiger partial charge in [0.2, 0.25) is 0 Å². The first kappa shape index (κ1) is 18.4. The molecule has 0 aliphatic carbocycles. The van der Waals surface area contributed by atoms with Gasteiger partial charge in [0.25, 0.3) is 5.91 Å². The minimum Gasteiger partial charge on any atom is -0.377 e. The molecule has 0 spiro atoms. The molecule has 0 radical (unpaired) electrons. The van der Waals surface area contributed by atoms with Gasteiger partial charge in [-0.3, -0.25) is 4.79 Å². The van der Waals surface area contributed by atoms with Crippen LogP contribution < -0.4 is 5.73 Å². The van der Waals surface area contributed by atoms with Gasteiger partial charge in [-0.1, -0.05) is 35.5 Å². The monoisotopic (exact) mass is 351 g/mol. The second-order valence-corrected chi connectivity index (χ2v) is 5.83. The third kappa shape index (κ3) is 3.77. The van der Waals surface area contributed by atoms with Gasteiger partial charge in [-0.05, 0) is 18.0 Å². The maximum Gasteiger partial charge on any atom is 0.276 e. The van der Waals surface area contributed by atoms with Crippen LogP contribution in [0.25, 0.3) is 0 Å². The first-order valence-electron chi connectivity index (χ1n) is 7.71. The molecule has 1 fully saturated rings. The van der Waals surface area contributed by atoms with E-state index in [1.165, 1.54) is 5.56 Å². The highest BCUT2D eigenvalue weighted by Gasteiger charge is 2.36. The van der Waals surface area contributed by atoms with Crippen molar-refractivity contribution in [1.29, 1.82) is 0 Å². The number of aromatic nitrogens is 1. The van der Waals surface area contributed by atoms with Crippen molar-refractivity contribution in [3.63, 3.8) is 0 Å². The van der Waals surface area contributed by atoms with E-state index in [0.717, 1.165) is 0 Å². The summed E-state index contributed by atoms with van der Waals surface area (Å²) in [4.78, 5) is 14.4. The number of hydrogen-bond donors (Lipinski definition) is 1. The van der Waals surface area contributed by atoms with Crippen molar-refractivity contribution in [2.75, 3.05) is 26.7 Å². The molecule has 1 aliphatic rings. The molecule has 130 valence electrons. The Kier molecular flexibility index (Phi) is 6.36. The third-order valence-corrected chi connectivity index (χ3v) is 4.32. The number of nitrogens with two attached hydrogens (primary N) is 1. The molecule has 0 saturated carbocycles. The number of carbonyl (C=O) groups is 1. The minimum absolute atomic E-state index is 0. The fraction of sp³-hybridized carbons (Fsp3) is 0.412. The van der Waals surface area contributed by atoms with Crippen molar-refractivity contribution in [3.05, 3.63) is 53.4 Å². The summed E-state index contributed by atoms with van der Waals surface area (Å²) in [5.74, 6) is 0.945. The van der Waals surface area contributed by atoms with Gasteiger partial charge in [0, 0.05) is 32.2 Å². The number of carbonyl (C=O) groups excluding carboxylic acids is 1. The lowest BCUT2D eigenvalue weighted by molar-refractivity contribution is 0.0775. The van der Waals surface area contributed by atoms with E-state index in [0.29, 0.717) is 37.7 Å². The zero-order valence-corrected chi connectivity index (χ0v) is 14.4. The second kappa shape index (κ2) is 8.28. The Morgan fingerprint density at radius 2 is 2.12 bits per heavy atom. The Labute approximate surface area is 147 Å². The van der Waals surface area contributed by atoms with E-state index in [4.69, 9.17) is 15.0 Å². The molecule has 0 unspecified atom stereocenters. The number of methoxy groups -OCH3 is 1. The van der Waals surface area contributed by atoms with Crippen molar-refractivity contribution < 1.29 is 14.1 Å². The lowest BCUT2D eigenvalue weighted by Crippen LogP contribution is -2.30. The highest BCUT2D eigenvalue weighted by atomic mass is 35.5. The largest absolute Gasteiger partial charge is 0.377 e. The molecular formula is C17H22ClN3O3. The van der Waals surface area contributed by atoms with Crippen LogP contribution in [0.15, 0.2) is 40.9 Å². The van der Waals surface area contributed by atoms with Crippen LogP contribution >= 0.6 is 12.4 Å². The molecule has 3 rings (SSSR count). The smallest absolute Gasteiger partial charge is 0.276 e. The van der Waals surface area contributed by atoms with Gasteiger partial charge in [0.15, 0.2) is 11.5 Å². The summed E-state index contributed by atoms with van der Waals surface area (Å²) >= 11 is 0. The average molecular weight is 352 g/mol. The van der Waals surface area contributed by atoms with E-state index in [9.17, 15) is 4.79 Å². The van der Waals surface area contributed by atoms with Crippen molar-refractivity contribution in [2.24, 2.45) is 11.7 Å². The predicted molar refractivity (Wildman–Crippen MR) is 92.1 cm³/mol. The zero-order valence-electron chi connectivity index (χ0n) is 13.6. The summed E-state index contributed by atoms with van der Waals surface area (Å²) in [6.07, 6.45) is 0. The van der Waals surface area contributed by atoms with Gasteiger partial charge in [-0.2, -0.15) is 0 Å². The molecule has 2 heterocycles. The highest BCUT2D eigenvalue weighted by molar-refractivity contribution is 5.92. The van der Waals surface area contributed by atoms with Crippen molar-refractivity contribution in [2.45, 2.75) is 12.5 Å². The van der Waals surface area contributed by atoms with E-state index in [-0.39, 0.29) is 30.2 Å². The van der Waals surface area contributed by atoms with E-state index < -0.39 is 0 Å². The predicted octanol–water partition coefficient (Wildman–Crippen LogP) is 2.06. The summed E-state index contributed by atoms with van der Waals surface area (Å²) in [5, 5.41) is 3.85. The number of amides is 1. The van der Waals surface area contributed by atoms with Gasteiger partial charge >= 0.3 is 0 Å². The van der Waals surface area contributed by atoms with Crippen molar-refractivity contribution in [1.82, 2.24) is 10.1 Å². The molecule has 24 heavy (non-hydrogen) atoms. The van der Waals surface area contributed by atoms with Crippen LogP contribution in [0.4, 0.5) is 0 Å². The molecule has 1 aromatic heterocycles. The molecule has 1 aliphatic heterocycles. The van der Waals surface area contributed by atoms with E-state index in [1.54, 1.807) is 13.2 Å². The number of halogens is 1. The highest BCUT2D eigenvalue weighted by Crippen LogP contribution is 2.32. The number of nitrogens with zero attached hydrogens (tertiary/aromatic N) is 2. The molecule has 1 saturated heterocycles. The summed E-state index contributed by atoms with van der Waals surface area (Å²) in [7, 11) is 1.57. The Bertz CT molecular complexity index is 662. The van der Waals surface area contributed by atoms with Crippen LogP contribution in [0.1, 0.15) is 27.7 Å². The summed E-state index contributed by atoms with van der Waals surface area (Å²) in [5.41, 5.74) is 7.46. The molecule has 1 aromatic carbocycles. The van der Waals surface area contributed by atoms with Crippen molar-refractivity contribution in [3.8, 4) is 0 Å². The van der Waals surface area contributed by atoms with E-state index in [1.807, 2.05) is 23.1 Å². The molecule has 2 N–H and O–H groups in total.